The Balaban J connectivity index is 1.58. The molecule has 3 aromatic rings. The molecule has 0 saturated heterocycles. The number of carbonyl (C=O) groups excluding carboxylic acids is 2. The van der Waals surface area contributed by atoms with Gasteiger partial charge in [0.25, 0.3) is 5.91 Å². The Labute approximate surface area is 175 Å². The van der Waals surface area contributed by atoms with Gasteiger partial charge in [0.1, 0.15) is 5.75 Å². The molecule has 29 heavy (non-hydrogen) atoms. The lowest BCUT2D eigenvalue weighted by molar-refractivity contribution is 0.0596. The first-order valence-electron chi connectivity index (χ1n) is 8.49. The normalized spacial score (nSPS) is 10.6. The molecular formula is C21H16BrN3O4. The maximum atomic E-state index is 12.2. The van der Waals surface area contributed by atoms with Crippen LogP contribution in [0.25, 0.3) is 0 Å². The van der Waals surface area contributed by atoms with Crippen molar-refractivity contribution >= 4 is 39.2 Å². The van der Waals surface area contributed by atoms with E-state index in [1.165, 1.54) is 7.11 Å². The second kappa shape index (κ2) is 9.61. The quantitative estimate of drug-likeness (QED) is 0.389. The van der Waals surface area contributed by atoms with Crippen molar-refractivity contribution < 1.29 is 19.2 Å². The Morgan fingerprint density at radius 1 is 0.931 bits per heavy atom. The summed E-state index contributed by atoms with van der Waals surface area (Å²) in [5.41, 5.74) is 4.34. The van der Waals surface area contributed by atoms with Crippen LogP contribution in [0.5, 0.6) is 5.75 Å². The molecule has 3 rings (SSSR count). The first kappa shape index (κ1) is 20.2. The summed E-state index contributed by atoms with van der Waals surface area (Å²) in [6.45, 7) is 0. The van der Waals surface area contributed by atoms with Crippen LogP contribution in [0.2, 0.25) is 0 Å². The molecule has 0 bridgehead atoms. The number of hydrogen-bond donors (Lipinski definition) is 1. The molecule has 7 nitrogen and oxygen atoms in total. The summed E-state index contributed by atoms with van der Waals surface area (Å²) >= 11 is 3.31. The minimum absolute atomic E-state index is 0.330. The molecule has 1 amide bonds. The number of halogens is 1. The predicted molar refractivity (Wildman–Crippen MR) is 111 cm³/mol. The van der Waals surface area contributed by atoms with E-state index in [1.54, 1.807) is 72.8 Å². The molecule has 0 radical (unpaired) electrons. The first-order valence-corrected chi connectivity index (χ1v) is 9.28. The number of nitrogens with zero attached hydrogens (tertiary/aromatic N) is 2. The third-order valence-corrected chi connectivity index (χ3v) is 4.33. The molecule has 0 saturated carbocycles. The van der Waals surface area contributed by atoms with E-state index in [-0.39, 0.29) is 0 Å². The summed E-state index contributed by atoms with van der Waals surface area (Å²) in [7, 11) is 1.48. The predicted octanol–water partition coefficient (Wildman–Crippen LogP) is 5.57. The molecular weight excluding hydrogens is 438 g/mol. The SMILES string of the molecule is COc1ccccc1C(=O)N=Nc1ccc(NOC(=O)c2ccc(Br)cc2)cc1. The highest BCUT2D eigenvalue weighted by Crippen LogP contribution is 2.21. The summed E-state index contributed by atoms with van der Waals surface area (Å²) in [6.07, 6.45) is 0. The van der Waals surface area contributed by atoms with Crippen molar-refractivity contribution in [2.75, 3.05) is 12.6 Å². The lowest BCUT2D eigenvalue weighted by atomic mass is 10.2. The molecule has 0 fully saturated rings. The molecule has 146 valence electrons. The standard InChI is InChI=1S/C21H16BrN3O4/c1-28-19-5-3-2-4-18(19)20(26)24-23-16-10-12-17(13-11-16)25-29-21(27)14-6-8-15(22)9-7-14/h2-13,25H,1H3. The number of para-hydroxylation sites is 1. The summed E-state index contributed by atoms with van der Waals surface area (Å²) in [5.74, 6) is -0.583. The van der Waals surface area contributed by atoms with Crippen molar-refractivity contribution in [2.45, 2.75) is 0 Å². The van der Waals surface area contributed by atoms with Gasteiger partial charge in [-0.3, -0.25) is 4.79 Å². The molecule has 0 spiro atoms. The first-order chi connectivity index (χ1) is 14.1. The summed E-state index contributed by atoms with van der Waals surface area (Å²) in [4.78, 5) is 29.2. The van der Waals surface area contributed by atoms with Gasteiger partial charge in [0.2, 0.25) is 0 Å². The van der Waals surface area contributed by atoms with Gasteiger partial charge in [-0.25, -0.2) is 10.3 Å². The topological polar surface area (TPSA) is 89.3 Å². The van der Waals surface area contributed by atoms with Gasteiger partial charge in [-0.15, -0.1) is 10.2 Å². The van der Waals surface area contributed by atoms with E-state index in [9.17, 15) is 9.59 Å². The fraction of sp³-hybridized carbons (Fsp3) is 0.0476. The van der Waals surface area contributed by atoms with Crippen molar-refractivity contribution in [1.29, 1.82) is 0 Å². The van der Waals surface area contributed by atoms with Gasteiger partial charge in [-0.05, 0) is 60.7 Å². The minimum atomic E-state index is -0.510. The zero-order chi connectivity index (χ0) is 20.6. The van der Waals surface area contributed by atoms with Crippen LogP contribution in [0.1, 0.15) is 20.7 Å². The van der Waals surface area contributed by atoms with Crippen LogP contribution in [0, 0.1) is 0 Å². The van der Waals surface area contributed by atoms with Gasteiger partial charge in [-0.1, -0.05) is 28.1 Å². The van der Waals surface area contributed by atoms with Crippen LogP contribution >= 0.6 is 15.9 Å². The second-order valence-electron chi connectivity index (χ2n) is 5.75. The summed E-state index contributed by atoms with van der Waals surface area (Å²) < 4.78 is 6.01. The average Bonchev–Trinajstić information content (AvgIpc) is 2.77. The number of methoxy groups -OCH3 is 1. The number of nitrogens with one attached hydrogen (secondary N) is 1. The lowest BCUT2D eigenvalue weighted by Gasteiger charge is -2.07. The molecule has 0 aliphatic rings. The fourth-order valence-electron chi connectivity index (χ4n) is 2.32. The van der Waals surface area contributed by atoms with E-state index < -0.39 is 11.9 Å². The van der Waals surface area contributed by atoms with Crippen molar-refractivity contribution in [3.05, 3.63) is 88.4 Å². The third kappa shape index (κ3) is 5.49. The van der Waals surface area contributed by atoms with E-state index in [1.807, 2.05) is 0 Å². The number of amides is 1. The van der Waals surface area contributed by atoms with Crippen LogP contribution in [-0.4, -0.2) is 19.0 Å². The molecule has 3 aromatic carbocycles. The van der Waals surface area contributed by atoms with Crippen LogP contribution in [0.4, 0.5) is 11.4 Å². The average molecular weight is 454 g/mol. The van der Waals surface area contributed by atoms with Gasteiger partial charge in [0.05, 0.1) is 29.6 Å². The zero-order valence-electron chi connectivity index (χ0n) is 15.3. The smallest absolute Gasteiger partial charge is 0.362 e. The molecule has 0 unspecified atom stereocenters. The van der Waals surface area contributed by atoms with Crippen LogP contribution in [0.15, 0.2) is 87.5 Å². The van der Waals surface area contributed by atoms with E-state index in [4.69, 9.17) is 9.57 Å². The van der Waals surface area contributed by atoms with E-state index in [2.05, 4.69) is 31.6 Å². The van der Waals surface area contributed by atoms with Gasteiger partial charge in [0.15, 0.2) is 0 Å². The van der Waals surface area contributed by atoms with Crippen LogP contribution in [-0.2, 0) is 4.84 Å². The van der Waals surface area contributed by atoms with E-state index in [0.29, 0.717) is 28.3 Å². The number of benzene rings is 3. The number of azo groups is 1. The Kier molecular flexibility index (Phi) is 6.70. The van der Waals surface area contributed by atoms with Crippen molar-refractivity contribution in [2.24, 2.45) is 10.2 Å². The number of hydrogen-bond acceptors (Lipinski definition) is 6. The van der Waals surface area contributed by atoms with Crippen LogP contribution in [0.3, 0.4) is 0 Å². The third-order valence-electron chi connectivity index (χ3n) is 3.80. The Bertz CT molecular complexity index is 1030. The highest BCUT2D eigenvalue weighted by atomic mass is 79.9. The Morgan fingerprint density at radius 3 is 2.31 bits per heavy atom. The molecule has 0 heterocycles. The minimum Gasteiger partial charge on any atom is -0.496 e. The fourth-order valence-corrected chi connectivity index (χ4v) is 2.59. The van der Waals surface area contributed by atoms with E-state index >= 15 is 0 Å². The summed E-state index contributed by atoms with van der Waals surface area (Å²) in [5, 5.41) is 7.65. The molecule has 0 aliphatic carbocycles. The number of ether oxygens (including phenoxy) is 1. The maximum absolute atomic E-state index is 12.2. The Hall–Kier alpha value is -3.52. The highest BCUT2D eigenvalue weighted by Gasteiger charge is 2.10. The summed E-state index contributed by atoms with van der Waals surface area (Å²) in [6, 6.07) is 20.2. The molecule has 1 N–H and O–H groups in total. The van der Waals surface area contributed by atoms with Crippen LogP contribution < -0.4 is 10.2 Å². The Morgan fingerprint density at radius 2 is 1.62 bits per heavy atom. The lowest BCUT2D eigenvalue weighted by Crippen LogP contribution is -2.10. The van der Waals surface area contributed by atoms with Gasteiger partial charge < -0.3 is 9.57 Å². The zero-order valence-corrected chi connectivity index (χ0v) is 16.9. The largest absolute Gasteiger partial charge is 0.496 e. The monoisotopic (exact) mass is 453 g/mol. The van der Waals surface area contributed by atoms with Crippen molar-refractivity contribution in [3.8, 4) is 5.75 Å². The second-order valence-corrected chi connectivity index (χ2v) is 6.67. The number of rotatable bonds is 6. The van der Waals surface area contributed by atoms with Gasteiger partial charge in [0, 0.05) is 4.47 Å². The number of carbonyl (C=O) groups is 2. The van der Waals surface area contributed by atoms with Gasteiger partial charge in [-0.2, -0.15) is 0 Å². The molecule has 0 aliphatic heterocycles. The molecule has 0 aromatic heterocycles. The number of anilines is 1. The van der Waals surface area contributed by atoms with Crippen molar-refractivity contribution in [3.63, 3.8) is 0 Å². The van der Waals surface area contributed by atoms with Gasteiger partial charge >= 0.3 is 5.97 Å². The molecule has 8 heteroatoms. The van der Waals surface area contributed by atoms with Crippen molar-refractivity contribution in [1.82, 2.24) is 0 Å². The van der Waals surface area contributed by atoms with E-state index in [0.717, 1.165) is 4.47 Å². The molecule has 0 atom stereocenters. The highest BCUT2D eigenvalue weighted by molar-refractivity contribution is 9.10. The maximum Gasteiger partial charge on any atom is 0.362 e.